The van der Waals surface area contributed by atoms with Gasteiger partial charge >= 0.3 is 0 Å². The molecular formula is C54H57BN2. The molecule has 2 nitrogen and oxygen atoms in total. The van der Waals surface area contributed by atoms with Crippen LogP contribution in [0.25, 0.3) is 21.9 Å². The summed E-state index contributed by atoms with van der Waals surface area (Å²) in [6, 6.07) is 40.7. The monoisotopic (exact) mass is 744 g/mol. The summed E-state index contributed by atoms with van der Waals surface area (Å²) in [5, 5.41) is 2.71. The molecule has 2 aliphatic heterocycles. The Bertz CT molecular complexity index is 2520. The Morgan fingerprint density at radius 1 is 0.684 bits per heavy atom. The molecule has 3 aliphatic carbocycles. The predicted molar refractivity (Wildman–Crippen MR) is 244 cm³/mol. The van der Waals surface area contributed by atoms with Crippen LogP contribution in [-0.4, -0.2) is 6.71 Å². The smallest absolute Gasteiger partial charge is 0.252 e. The number of nitrogens with zero attached hydrogens (tertiary/aromatic N) is 2. The van der Waals surface area contributed by atoms with Crippen molar-refractivity contribution in [2.75, 3.05) is 9.80 Å². The minimum atomic E-state index is -0.000992. The van der Waals surface area contributed by atoms with Crippen LogP contribution in [0.15, 0.2) is 108 Å². The van der Waals surface area contributed by atoms with Gasteiger partial charge < -0.3 is 9.80 Å². The minimum Gasteiger partial charge on any atom is -0.311 e. The van der Waals surface area contributed by atoms with Gasteiger partial charge in [0.15, 0.2) is 0 Å². The molecule has 5 aromatic carbocycles. The fourth-order valence-corrected chi connectivity index (χ4v) is 10.6. The van der Waals surface area contributed by atoms with E-state index in [0.717, 1.165) is 12.1 Å². The van der Waals surface area contributed by atoms with E-state index in [9.17, 15) is 0 Å². The Morgan fingerprint density at radius 2 is 1.37 bits per heavy atom. The van der Waals surface area contributed by atoms with Gasteiger partial charge in [-0.05, 0) is 134 Å². The largest absolute Gasteiger partial charge is 0.311 e. The Kier molecular flexibility index (Phi) is 8.17. The van der Waals surface area contributed by atoms with Crippen molar-refractivity contribution < 1.29 is 0 Å². The second-order valence-corrected chi connectivity index (χ2v) is 20.7. The first-order valence-electron chi connectivity index (χ1n) is 21.7. The summed E-state index contributed by atoms with van der Waals surface area (Å²) in [6.07, 6.45) is 12.7. The van der Waals surface area contributed by atoms with Gasteiger partial charge in [-0.1, -0.05) is 148 Å². The molecule has 0 saturated heterocycles. The van der Waals surface area contributed by atoms with Crippen LogP contribution in [0.5, 0.6) is 0 Å². The number of hydrogen-bond acceptors (Lipinski definition) is 2. The van der Waals surface area contributed by atoms with Crippen molar-refractivity contribution in [2.45, 2.75) is 118 Å². The number of fused-ring (bicyclic) bond motifs is 5. The second kappa shape index (κ2) is 12.8. The number of benzene rings is 4. The van der Waals surface area contributed by atoms with Gasteiger partial charge in [0.25, 0.3) is 6.71 Å². The summed E-state index contributed by atoms with van der Waals surface area (Å²) >= 11 is 0. The third-order valence-corrected chi connectivity index (χ3v) is 13.9. The summed E-state index contributed by atoms with van der Waals surface area (Å²) < 4.78 is 0. The van der Waals surface area contributed by atoms with Crippen molar-refractivity contribution in [3.8, 4) is 0 Å². The molecule has 0 aromatic heterocycles. The van der Waals surface area contributed by atoms with Crippen molar-refractivity contribution in [1.82, 2.24) is 0 Å². The van der Waals surface area contributed by atoms with Crippen LogP contribution in [0.3, 0.4) is 0 Å². The lowest BCUT2D eigenvalue weighted by molar-refractivity contribution is 0.292. The maximum absolute atomic E-state index is 3.76. The lowest BCUT2D eigenvalue weighted by Crippen LogP contribution is -2.51. The average molecular weight is 745 g/mol. The van der Waals surface area contributed by atoms with Crippen LogP contribution in [-0.2, 0) is 10.8 Å². The van der Waals surface area contributed by atoms with Crippen LogP contribution < -0.4 is 15.3 Å². The standard InChI is InChI=1S/C54H57BN2/c1-52(2,3)37-21-26-40(27-22-37)56-45-33-39(54(7,8)9)25-30-44(45)55-49-42-19-13-17-35-18-14-20-43(48(35)42)51(49)57(41-28-23-38(24-29-41)53(4,5)6)47-32-36(31-46(56)50(47)55)34-15-11-10-12-16-34/h13-14,17-21,23-24,26,28-34,39H,10-12,15-16,25H2,1-9H3. The predicted octanol–water partition coefficient (Wildman–Crippen LogP) is 13.9. The maximum atomic E-state index is 3.76. The minimum absolute atomic E-state index is 0.000992. The zero-order valence-electron chi connectivity index (χ0n) is 35.6. The maximum Gasteiger partial charge on any atom is 0.252 e. The molecule has 1 atom stereocenters. The first-order valence-corrected chi connectivity index (χ1v) is 21.7. The first kappa shape index (κ1) is 36.4. The van der Waals surface area contributed by atoms with E-state index in [2.05, 4.69) is 181 Å². The number of anilines is 4. The Morgan fingerprint density at radius 3 is 2.00 bits per heavy atom. The highest BCUT2D eigenvalue weighted by molar-refractivity contribution is 7.01. The van der Waals surface area contributed by atoms with Gasteiger partial charge in [0.05, 0.1) is 5.69 Å². The fraction of sp³-hybridized carbons (Fsp3) is 0.370. The highest BCUT2D eigenvalue weighted by Crippen LogP contribution is 2.57. The Balaban J connectivity index is 1.31. The van der Waals surface area contributed by atoms with E-state index < -0.39 is 0 Å². The zero-order chi connectivity index (χ0) is 39.6. The topological polar surface area (TPSA) is 6.48 Å². The molecule has 2 heterocycles. The molecule has 1 unspecified atom stereocenters. The molecule has 0 amide bonds. The van der Waals surface area contributed by atoms with Crippen molar-refractivity contribution in [1.29, 1.82) is 0 Å². The van der Waals surface area contributed by atoms with E-state index in [0.29, 0.717) is 11.8 Å². The summed E-state index contributed by atoms with van der Waals surface area (Å²) in [6.45, 7) is 21.1. The van der Waals surface area contributed by atoms with Gasteiger partial charge in [-0.3, -0.25) is 0 Å². The van der Waals surface area contributed by atoms with Crippen molar-refractivity contribution in [3.63, 3.8) is 0 Å². The first-order chi connectivity index (χ1) is 27.2. The lowest BCUT2D eigenvalue weighted by Gasteiger charge is -2.47. The number of allylic oxidation sites excluding steroid dienone is 3. The van der Waals surface area contributed by atoms with E-state index in [-0.39, 0.29) is 23.0 Å². The van der Waals surface area contributed by atoms with Crippen LogP contribution in [0.2, 0.25) is 0 Å². The molecule has 0 radical (unpaired) electrons. The highest BCUT2D eigenvalue weighted by atomic mass is 15.2. The quantitative estimate of drug-likeness (QED) is 0.170. The van der Waals surface area contributed by atoms with Crippen molar-refractivity contribution in [3.05, 3.63) is 148 Å². The van der Waals surface area contributed by atoms with Gasteiger partial charge in [0, 0.05) is 39.6 Å². The van der Waals surface area contributed by atoms with Gasteiger partial charge in [0.2, 0.25) is 0 Å². The molecule has 5 aliphatic rings. The van der Waals surface area contributed by atoms with Crippen LogP contribution in [0.1, 0.15) is 135 Å². The van der Waals surface area contributed by atoms with Crippen molar-refractivity contribution in [2.24, 2.45) is 11.3 Å². The summed E-state index contributed by atoms with van der Waals surface area (Å²) in [7, 11) is 0. The molecule has 10 rings (SSSR count). The SMILES string of the molecule is CC(C)(C)c1c#cc(N2C3=CC(C(C)(C)C)CC=C3B3C4=C(c5cccc6cccc4c56)N(c4ccc(C(C)(C)C)cc4)c4cc(C5CCCCC5)cc2c43)cc1. The summed E-state index contributed by atoms with van der Waals surface area (Å²) in [5.41, 5.74) is 18.9. The third kappa shape index (κ3) is 5.76. The lowest BCUT2D eigenvalue weighted by atomic mass is 9.31. The third-order valence-electron chi connectivity index (χ3n) is 13.9. The average Bonchev–Trinajstić information content (AvgIpc) is 3.52. The summed E-state index contributed by atoms with van der Waals surface area (Å²) in [5.74, 6) is 0.960. The van der Waals surface area contributed by atoms with E-state index in [1.54, 1.807) is 0 Å². The van der Waals surface area contributed by atoms with E-state index in [4.69, 9.17) is 0 Å². The fourth-order valence-electron chi connectivity index (χ4n) is 10.6. The molecule has 286 valence electrons. The summed E-state index contributed by atoms with van der Waals surface area (Å²) in [4.78, 5) is 5.27. The molecule has 1 fully saturated rings. The van der Waals surface area contributed by atoms with Gasteiger partial charge in [-0.2, -0.15) is 0 Å². The van der Waals surface area contributed by atoms with E-state index >= 15 is 0 Å². The molecule has 1 saturated carbocycles. The molecule has 5 aromatic rings. The van der Waals surface area contributed by atoms with Gasteiger partial charge in [-0.15, -0.1) is 0 Å². The normalized spacial score (nSPS) is 19.2. The molecule has 0 bridgehead atoms. The Labute approximate surface area is 342 Å². The van der Waals surface area contributed by atoms with Crippen LogP contribution in [0, 0.1) is 23.5 Å². The molecule has 0 N–H and O–H groups in total. The van der Waals surface area contributed by atoms with E-state index in [1.165, 1.54) is 116 Å². The molecule has 3 heteroatoms. The highest BCUT2D eigenvalue weighted by Gasteiger charge is 2.50. The second-order valence-electron chi connectivity index (χ2n) is 20.7. The van der Waals surface area contributed by atoms with Crippen molar-refractivity contribution >= 4 is 56.9 Å². The number of hydrogen-bond donors (Lipinski definition) is 0. The zero-order valence-corrected chi connectivity index (χ0v) is 35.6. The van der Waals surface area contributed by atoms with E-state index in [1.807, 2.05) is 0 Å². The molecular weight excluding hydrogens is 687 g/mol. The molecule has 57 heavy (non-hydrogen) atoms. The van der Waals surface area contributed by atoms with Crippen LogP contribution >= 0.6 is 0 Å². The van der Waals surface area contributed by atoms with Gasteiger partial charge in [-0.25, -0.2) is 0 Å². The number of rotatable bonds is 3. The molecule has 0 spiro atoms. The Hall–Kier alpha value is -4.94. The van der Waals surface area contributed by atoms with Gasteiger partial charge in [0.1, 0.15) is 0 Å². The van der Waals surface area contributed by atoms with Crippen LogP contribution in [0.4, 0.5) is 22.7 Å².